The van der Waals surface area contributed by atoms with Crippen LogP contribution in [0.15, 0.2) is 18.2 Å². The zero-order valence-corrected chi connectivity index (χ0v) is 15.3. The predicted octanol–water partition coefficient (Wildman–Crippen LogP) is 2.77. The summed E-state index contributed by atoms with van der Waals surface area (Å²) in [7, 11) is 0. The topological polar surface area (TPSA) is 44.4 Å². The van der Waals surface area contributed by atoms with E-state index in [1.54, 1.807) is 0 Å². The van der Waals surface area contributed by atoms with Crippen LogP contribution in [-0.4, -0.2) is 72.3 Å². The standard InChI is InChI=1S/C20H30N4O/c1-16-5-6-18-19(14-16)22-20(21-18)17-4-2-7-24(15-17)9-3-8-23-10-12-25-13-11-23/h5-6,14,17H,2-4,7-13,15H2,1H3,(H,21,22)/t17-/m1/s1. The maximum Gasteiger partial charge on any atom is 0.111 e. The summed E-state index contributed by atoms with van der Waals surface area (Å²) in [5.41, 5.74) is 3.57. The van der Waals surface area contributed by atoms with Gasteiger partial charge in [0.25, 0.3) is 0 Å². The van der Waals surface area contributed by atoms with Gasteiger partial charge in [0.05, 0.1) is 24.2 Å². The Morgan fingerprint density at radius 3 is 2.88 bits per heavy atom. The number of morpholine rings is 1. The number of benzene rings is 1. The molecule has 5 heteroatoms. The van der Waals surface area contributed by atoms with Crippen molar-refractivity contribution in [2.75, 3.05) is 52.5 Å². The molecule has 2 aliphatic heterocycles. The second kappa shape index (κ2) is 7.85. The first-order chi connectivity index (χ1) is 12.3. The summed E-state index contributed by atoms with van der Waals surface area (Å²) in [6.45, 7) is 10.9. The normalized spacial score (nSPS) is 23.3. The van der Waals surface area contributed by atoms with Crippen LogP contribution in [0, 0.1) is 6.92 Å². The summed E-state index contributed by atoms with van der Waals surface area (Å²) in [4.78, 5) is 13.6. The van der Waals surface area contributed by atoms with E-state index in [0.717, 1.165) is 38.4 Å². The van der Waals surface area contributed by atoms with E-state index < -0.39 is 0 Å². The molecular weight excluding hydrogens is 312 g/mol. The molecule has 1 N–H and O–H groups in total. The molecule has 2 fully saturated rings. The largest absolute Gasteiger partial charge is 0.379 e. The molecule has 4 rings (SSSR count). The van der Waals surface area contributed by atoms with Crippen LogP contribution in [0.1, 0.15) is 36.6 Å². The number of ether oxygens (including phenoxy) is 1. The molecule has 2 aromatic rings. The van der Waals surface area contributed by atoms with Gasteiger partial charge < -0.3 is 14.6 Å². The second-order valence-corrected chi connectivity index (χ2v) is 7.59. The summed E-state index contributed by atoms with van der Waals surface area (Å²) >= 11 is 0. The third-order valence-electron chi connectivity index (χ3n) is 5.60. The molecule has 0 spiro atoms. The number of fused-ring (bicyclic) bond motifs is 1. The number of aromatic nitrogens is 2. The molecule has 2 aliphatic rings. The molecule has 1 atom stereocenters. The molecule has 0 bridgehead atoms. The molecule has 0 radical (unpaired) electrons. The fourth-order valence-corrected chi connectivity index (χ4v) is 4.16. The Labute approximate surface area is 150 Å². The second-order valence-electron chi connectivity index (χ2n) is 7.59. The van der Waals surface area contributed by atoms with E-state index in [1.807, 2.05) is 0 Å². The fraction of sp³-hybridized carbons (Fsp3) is 0.650. The first kappa shape index (κ1) is 17.0. The van der Waals surface area contributed by atoms with Crippen molar-refractivity contribution in [1.82, 2.24) is 19.8 Å². The lowest BCUT2D eigenvalue weighted by Crippen LogP contribution is -2.40. The van der Waals surface area contributed by atoms with Crippen LogP contribution < -0.4 is 0 Å². The number of hydrogen-bond donors (Lipinski definition) is 1. The minimum atomic E-state index is 0.546. The van der Waals surface area contributed by atoms with Gasteiger partial charge in [0.15, 0.2) is 0 Å². The van der Waals surface area contributed by atoms with Gasteiger partial charge >= 0.3 is 0 Å². The van der Waals surface area contributed by atoms with E-state index in [0.29, 0.717) is 5.92 Å². The predicted molar refractivity (Wildman–Crippen MR) is 101 cm³/mol. The average Bonchev–Trinajstić information content (AvgIpc) is 3.06. The van der Waals surface area contributed by atoms with Gasteiger partial charge in [-0.2, -0.15) is 0 Å². The number of rotatable bonds is 5. The van der Waals surface area contributed by atoms with Crippen molar-refractivity contribution in [3.8, 4) is 0 Å². The van der Waals surface area contributed by atoms with Gasteiger partial charge in [-0.05, 0) is 63.5 Å². The highest BCUT2D eigenvalue weighted by molar-refractivity contribution is 5.75. The summed E-state index contributed by atoms with van der Waals surface area (Å²) in [5, 5.41) is 0. The van der Waals surface area contributed by atoms with Crippen molar-refractivity contribution >= 4 is 11.0 Å². The molecule has 1 aromatic carbocycles. The molecule has 3 heterocycles. The average molecular weight is 342 g/mol. The maximum absolute atomic E-state index is 5.43. The Kier molecular flexibility index (Phi) is 5.34. The molecule has 5 nitrogen and oxygen atoms in total. The van der Waals surface area contributed by atoms with Gasteiger partial charge in [0, 0.05) is 25.6 Å². The third-order valence-corrected chi connectivity index (χ3v) is 5.60. The molecule has 136 valence electrons. The Morgan fingerprint density at radius 1 is 1.16 bits per heavy atom. The molecule has 2 saturated heterocycles. The van der Waals surface area contributed by atoms with Crippen LogP contribution in [0.3, 0.4) is 0 Å². The van der Waals surface area contributed by atoms with Gasteiger partial charge in [0.2, 0.25) is 0 Å². The number of nitrogens with one attached hydrogen (secondary N) is 1. The van der Waals surface area contributed by atoms with Crippen LogP contribution in [0.25, 0.3) is 11.0 Å². The molecule has 0 saturated carbocycles. The minimum absolute atomic E-state index is 0.546. The van der Waals surface area contributed by atoms with Crippen molar-refractivity contribution < 1.29 is 4.74 Å². The van der Waals surface area contributed by atoms with E-state index in [-0.39, 0.29) is 0 Å². The van der Waals surface area contributed by atoms with E-state index in [1.165, 1.54) is 55.8 Å². The van der Waals surface area contributed by atoms with E-state index in [4.69, 9.17) is 9.72 Å². The first-order valence-electron chi connectivity index (χ1n) is 9.77. The first-order valence-corrected chi connectivity index (χ1v) is 9.77. The molecule has 1 aromatic heterocycles. The summed E-state index contributed by atoms with van der Waals surface area (Å²) in [6, 6.07) is 6.48. The Hall–Kier alpha value is -1.43. The number of piperidine rings is 1. The van der Waals surface area contributed by atoms with E-state index in [2.05, 4.69) is 39.9 Å². The van der Waals surface area contributed by atoms with Crippen LogP contribution in [0.4, 0.5) is 0 Å². The lowest BCUT2D eigenvalue weighted by Gasteiger charge is -2.33. The van der Waals surface area contributed by atoms with Crippen molar-refractivity contribution in [2.24, 2.45) is 0 Å². The fourth-order valence-electron chi connectivity index (χ4n) is 4.16. The number of H-pyrrole nitrogens is 1. The monoisotopic (exact) mass is 342 g/mol. The van der Waals surface area contributed by atoms with Gasteiger partial charge in [0.1, 0.15) is 5.82 Å². The van der Waals surface area contributed by atoms with E-state index >= 15 is 0 Å². The SMILES string of the molecule is Cc1ccc2nc([C@@H]3CCCN(CCCN4CCOCC4)C3)[nH]c2c1. The number of aromatic amines is 1. The van der Waals surface area contributed by atoms with Gasteiger partial charge in [-0.15, -0.1) is 0 Å². The number of aryl methyl sites for hydroxylation is 1. The summed E-state index contributed by atoms with van der Waals surface area (Å²) in [6.07, 6.45) is 3.78. The lowest BCUT2D eigenvalue weighted by molar-refractivity contribution is 0.0357. The highest BCUT2D eigenvalue weighted by atomic mass is 16.5. The quantitative estimate of drug-likeness (QED) is 0.907. The molecular formula is C20H30N4O. The van der Waals surface area contributed by atoms with Crippen molar-refractivity contribution in [1.29, 1.82) is 0 Å². The molecule has 25 heavy (non-hydrogen) atoms. The van der Waals surface area contributed by atoms with Crippen molar-refractivity contribution in [3.05, 3.63) is 29.6 Å². The summed E-state index contributed by atoms with van der Waals surface area (Å²) in [5.74, 6) is 1.73. The zero-order valence-electron chi connectivity index (χ0n) is 15.3. The Balaban J connectivity index is 1.32. The van der Waals surface area contributed by atoms with Crippen molar-refractivity contribution in [3.63, 3.8) is 0 Å². The highest BCUT2D eigenvalue weighted by Crippen LogP contribution is 2.27. The van der Waals surface area contributed by atoms with Gasteiger partial charge in [-0.1, -0.05) is 6.07 Å². The smallest absolute Gasteiger partial charge is 0.111 e. The van der Waals surface area contributed by atoms with E-state index in [9.17, 15) is 0 Å². The van der Waals surface area contributed by atoms with Crippen molar-refractivity contribution in [2.45, 2.75) is 32.1 Å². The number of likely N-dealkylation sites (tertiary alicyclic amines) is 1. The lowest BCUT2D eigenvalue weighted by atomic mass is 9.97. The zero-order chi connectivity index (χ0) is 17.1. The maximum atomic E-state index is 5.43. The molecule has 0 amide bonds. The Bertz CT molecular complexity index is 692. The van der Waals surface area contributed by atoms with Crippen LogP contribution >= 0.6 is 0 Å². The molecule has 0 unspecified atom stereocenters. The highest BCUT2D eigenvalue weighted by Gasteiger charge is 2.23. The van der Waals surface area contributed by atoms with Crippen LogP contribution in [-0.2, 0) is 4.74 Å². The Morgan fingerprint density at radius 2 is 2.00 bits per heavy atom. The third kappa shape index (κ3) is 4.22. The molecule has 0 aliphatic carbocycles. The number of imidazole rings is 1. The number of nitrogens with zero attached hydrogens (tertiary/aromatic N) is 3. The van der Waals surface area contributed by atoms with Gasteiger partial charge in [-0.3, -0.25) is 4.90 Å². The van der Waals surface area contributed by atoms with Gasteiger partial charge in [-0.25, -0.2) is 4.98 Å². The summed E-state index contributed by atoms with van der Waals surface area (Å²) < 4.78 is 5.43. The minimum Gasteiger partial charge on any atom is -0.379 e. The van der Waals surface area contributed by atoms with Crippen LogP contribution in [0.2, 0.25) is 0 Å². The van der Waals surface area contributed by atoms with Crippen LogP contribution in [0.5, 0.6) is 0 Å². The number of hydrogen-bond acceptors (Lipinski definition) is 4.